The van der Waals surface area contributed by atoms with Gasteiger partial charge in [0, 0.05) is 36.8 Å². The van der Waals surface area contributed by atoms with E-state index in [1.807, 2.05) is 35.0 Å². The van der Waals surface area contributed by atoms with E-state index in [-0.39, 0.29) is 18.6 Å². The molecule has 0 bridgehead atoms. The summed E-state index contributed by atoms with van der Waals surface area (Å²) in [7, 11) is 0. The molecular formula is C19H22N4O3. The molecule has 136 valence electrons. The number of fused-ring (bicyclic) bond motifs is 1. The fraction of sp³-hybridized carbons (Fsp3) is 0.368. The van der Waals surface area contributed by atoms with Crippen LogP contribution in [0, 0.1) is 0 Å². The van der Waals surface area contributed by atoms with Crippen molar-refractivity contribution in [3.05, 3.63) is 48.5 Å². The summed E-state index contributed by atoms with van der Waals surface area (Å²) in [5, 5.41) is 4.76. The molecule has 0 atom stereocenters. The molecule has 1 aromatic carbocycles. The van der Waals surface area contributed by atoms with Crippen molar-refractivity contribution in [2.24, 2.45) is 5.73 Å². The zero-order chi connectivity index (χ0) is 17.9. The lowest BCUT2D eigenvalue weighted by Gasteiger charge is -2.31. The first kappa shape index (κ1) is 16.7. The maximum Gasteiger partial charge on any atom is 0.237 e. The molecule has 26 heavy (non-hydrogen) atoms. The van der Waals surface area contributed by atoms with Crippen LogP contribution < -0.4 is 10.5 Å². The molecule has 1 aliphatic rings. The SMILES string of the molecule is NC(=O)Cn1ccc2c(OC3CCN(Cc4cnoc4)CC3)cccc21. The van der Waals surface area contributed by atoms with E-state index in [1.165, 1.54) is 0 Å². The minimum Gasteiger partial charge on any atom is -0.490 e. The normalized spacial score (nSPS) is 16.2. The average molecular weight is 354 g/mol. The van der Waals surface area contributed by atoms with Crippen LogP contribution in [-0.2, 0) is 17.9 Å². The maximum absolute atomic E-state index is 11.2. The molecule has 0 radical (unpaired) electrons. The van der Waals surface area contributed by atoms with Crippen molar-refractivity contribution in [1.29, 1.82) is 0 Å². The van der Waals surface area contributed by atoms with Crippen molar-refractivity contribution in [3.63, 3.8) is 0 Å². The molecule has 2 aromatic heterocycles. The summed E-state index contributed by atoms with van der Waals surface area (Å²) in [6.07, 6.45) is 7.48. The highest BCUT2D eigenvalue weighted by Gasteiger charge is 2.22. The van der Waals surface area contributed by atoms with Gasteiger partial charge in [-0.3, -0.25) is 9.69 Å². The van der Waals surface area contributed by atoms with Crippen molar-refractivity contribution in [2.75, 3.05) is 13.1 Å². The number of piperidine rings is 1. The molecule has 4 rings (SSSR count). The van der Waals surface area contributed by atoms with Gasteiger partial charge in [0.2, 0.25) is 5.91 Å². The van der Waals surface area contributed by atoms with Gasteiger partial charge in [-0.05, 0) is 31.0 Å². The van der Waals surface area contributed by atoms with Gasteiger partial charge in [-0.1, -0.05) is 11.2 Å². The Kier molecular flexibility index (Phi) is 4.62. The number of benzene rings is 1. The van der Waals surface area contributed by atoms with Crippen LogP contribution >= 0.6 is 0 Å². The summed E-state index contributed by atoms with van der Waals surface area (Å²) < 4.78 is 13.0. The predicted molar refractivity (Wildman–Crippen MR) is 96.6 cm³/mol. The quantitative estimate of drug-likeness (QED) is 0.733. The lowest BCUT2D eigenvalue weighted by molar-refractivity contribution is -0.118. The number of amides is 1. The fourth-order valence-electron chi connectivity index (χ4n) is 3.53. The molecule has 1 saturated heterocycles. The van der Waals surface area contributed by atoms with Gasteiger partial charge < -0.3 is 19.6 Å². The van der Waals surface area contributed by atoms with Crippen LogP contribution in [0.1, 0.15) is 18.4 Å². The highest BCUT2D eigenvalue weighted by Crippen LogP contribution is 2.29. The standard InChI is InChI=1S/C19H22N4O3/c20-19(24)12-23-9-6-16-17(23)2-1-3-18(16)26-15-4-7-22(8-5-15)11-14-10-21-25-13-14/h1-3,6,9-10,13,15H,4-5,7-8,11-12H2,(H2,20,24). The van der Waals surface area contributed by atoms with E-state index in [4.69, 9.17) is 15.0 Å². The molecule has 1 amide bonds. The Labute approximate surface area is 151 Å². The summed E-state index contributed by atoms with van der Waals surface area (Å²) in [6.45, 7) is 3.00. The Bertz CT molecular complexity index is 879. The number of nitrogens with two attached hydrogens (primary N) is 1. The number of rotatable bonds is 6. The molecule has 2 N–H and O–H groups in total. The van der Waals surface area contributed by atoms with Crippen molar-refractivity contribution in [2.45, 2.75) is 32.0 Å². The van der Waals surface area contributed by atoms with E-state index in [9.17, 15) is 4.79 Å². The molecular weight excluding hydrogens is 332 g/mol. The van der Waals surface area contributed by atoms with Crippen LogP contribution in [0.15, 0.2) is 47.4 Å². The highest BCUT2D eigenvalue weighted by molar-refractivity contribution is 5.87. The molecule has 0 saturated carbocycles. The first-order valence-electron chi connectivity index (χ1n) is 8.82. The van der Waals surface area contributed by atoms with Gasteiger partial charge in [-0.2, -0.15) is 0 Å². The van der Waals surface area contributed by atoms with E-state index in [2.05, 4.69) is 10.1 Å². The van der Waals surface area contributed by atoms with Gasteiger partial charge in [0.05, 0.1) is 11.7 Å². The number of hydrogen-bond acceptors (Lipinski definition) is 5. The summed E-state index contributed by atoms with van der Waals surface area (Å²) in [4.78, 5) is 13.6. The highest BCUT2D eigenvalue weighted by atomic mass is 16.5. The fourth-order valence-corrected chi connectivity index (χ4v) is 3.53. The second-order valence-electron chi connectivity index (χ2n) is 6.72. The number of primary amides is 1. The first-order chi connectivity index (χ1) is 12.7. The Hall–Kier alpha value is -2.80. The molecule has 0 unspecified atom stereocenters. The third-order valence-corrected chi connectivity index (χ3v) is 4.82. The zero-order valence-corrected chi connectivity index (χ0v) is 14.5. The molecule has 0 spiro atoms. The second kappa shape index (κ2) is 7.21. The van der Waals surface area contributed by atoms with Crippen LogP contribution in [0.25, 0.3) is 10.9 Å². The molecule has 7 nitrogen and oxygen atoms in total. The van der Waals surface area contributed by atoms with E-state index in [1.54, 1.807) is 12.5 Å². The summed E-state index contributed by atoms with van der Waals surface area (Å²) in [5.74, 6) is 0.511. The molecule has 1 aliphatic heterocycles. The Morgan fingerprint density at radius 3 is 2.88 bits per heavy atom. The lowest BCUT2D eigenvalue weighted by Crippen LogP contribution is -2.37. The summed E-state index contributed by atoms with van der Waals surface area (Å²) >= 11 is 0. The van der Waals surface area contributed by atoms with E-state index >= 15 is 0 Å². The zero-order valence-electron chi connectivity index (χ0n) is 14.5. The summed E-state index contributed by atoms with van der Waals surface area (Å²) in [6, 6.07) is 7.90. The van der Waals surface area contributed by atoms with Crippen LogP contribution in [0.2, 0.25) is 0 Å². The lowest BCUT2D eigenvalue weighted by atomic mass is 10.1. The Morgan fingerprint density at radius 1 is 1.31 bits per heavy atom. The van der Waals surface area contributed by atoms with Gasteiger partial charge in [0.25, 0.3) is 0 Å². The Morgan fingerprint density at radius 2 is 2.15 bits per heavy atom. The van der Waals surface area contributed by atoms with E-state index in [0.717, 1.165) is 54.7 Å². The molecule has 0 aliphatic carbocycles. The van der Waals surface area contributed by atoms with Crippen molar-refractivity contribution >= 4 is 16.8 Å². The number of hydrogen-bond donors (Lipinski definition) is 1. The van der Waals surface area contributed by atoms with Crippen LogP contribution in [0.5, 0.6) is 5.75 Å². The number of ether oxygens (including phenoxy) is 1. The number of aromatic nitrogens is 2. The molecule has 7 heteroatoms. The van der Waals surface area contributed by atoms with Gasteiger partial charge in [0.1, 0.15) is 24.7 Å². The monoisotopic (exact) mass is 354 g/mol. The van der Waals surface area contributed by atoms with Gasteiger partial charge in [-0.25, -0.2) is 0 Å². The second-order valence-corrected chi connectivity index (χ2v) is 6.72. The van der Waals surface area contributed by atoms with Crippen molar-refractivity contribution in [1.82, 2.24) is 14.6 Å². The number of carbonyl (C=O) groups excluding carboxylic acids is 1. The van der Waals surface area contributed by atoms with E-state index < -0.39 is 0 Å². The van der Waals surface area contributed by atoms with Crippen LogP contribution in [0.4, 0.5) is 0 Å². The average Bonchev–Trinajstić information content (AvgIpc) is 3.27. The minimum absolute atomic E-state index is 0.175. The molecule has 3 aromatic rings. The van der Waals surface area contributed by atoms with Crippen LogP contribution in [0.3, 0.4) is 0 Å². The number of nitrogens with zero attached hydrogens (tertiary/aromatic N) is 3. The van der Waals surface area contributed by atoms with Gasteiger partial charge in [-0.15, -0.1) is 0 Å². The Balaban J connectivity index is 1.40. The summed E-state index contributed by atoms with van der Waals surface area (Å²) in [5.41, 5.74) is 7.38. The minimum atomic E-state index is -0.353. The number of carbonyl (C=O) groups is 1. The topological polar surface area (TPSA) is 86.5 Å². The molecule has 1 fully saturated rings. The van der Waals surface area contributed by atoms with Gasteiger partial charge >= 0.3 is 0 Å². The number of likely N-dealkylation sites (tertiary alicyclic amines) is 1. The largest absolute Gasteiger partial charge is 0.490 e. The first-order valence-corrected chi connectivity index (χ1v) is 8.82. The predicted octanol–water partition coefficient (Wildman–Crippen LogP) is 2.16. The smallest absolute Gasteiger partial charge is 0.237 e. The van der Waals surface area contributed by atoms with Crippen LogP contribution in [-0.4, -0.2) is 39.7 Å². The van der Waals surface area contributed by atoms with Gasteiger partial charge in [0.15, 0.2) is 0 Å². The maximum atomic E-state index is 11.2. The van der Waals surface area contributed by atoms with Crippen molar-refractivity contribution in [3.8, 4) is 5.75 Å². The third-order valence-electron chi connectivity index (χ3n) is 4.82. The van der Waals surface area contributed by atoms with E-state index in [0.29, 0.717) is 0 Å². The third kappa shape index (κ3) is 3.57. The van der Waals surface area contributed by atoms with Crippen molar-refractivity contribution < 1.29 is 14.1 Å². The molecule has 3 heterocycles.